The zero-order chi connectivity index (χ0) is 22.7. The molecule has 176 valence electrons. The van der Waals surface area contributed by atoms with Crippen molar-refractivity contribution in [3.8, 4) is 0 Å². The van der Waals surface area contributed by atoms with Gasteiger partial charge >= 0.3 is 30.1 Å². The monoisotopic (exact) mass is 453 g/mol. The Kier molecular flexibility index (Phi) is 13.5. The molecule has 1 unspecified atom stereocenters. The summed E-state index contributed by atoms with van der Waals surface area (Å²) >= 11 is 0. The number of carboxylic acid groups (broad SMARTS) is 1. The minimum atomic E-state index is -5.01. The number of amides is 3. The van der Waals surface area contributed by atoms with Crippen LogP contribution >= 0.6 is 0 Å². The van der Waals surface area contributed by atoms with Crippen LogP contribution in [0.1, 0.15) is 46.0 Å². The summed E-state index contributed by atoms with van der Waals surface area (Å²) in [7, 11) is 0. The molecule has 1 atom stereocenters. The summed E-state index contributed by atoms with van der Waals surface area (Å²) in [5.74, 6) is -6.24. The van der Waals surface area contributed by atoms with Gasteiger partial charge in [-0.15, -0.1) is 0 Å². The molecule has 0 aromatic heterocycles. The van der Waals surface area contributed by atoms with E-state index in [-0.39, 0.29) is 59.0 Å². The third-order valence-electron chi connectivity index (χ3n) is 3.47. The van der Waals surface area contributed by atoms with Crippen molar-refractivity contribution in [3.63, 3.8) is 0 Å². The van der Waals surface area contributed by atoms with E-state index in [4.69, 9.17) is 5.11 Å². The van der Waals surface area contributed by atoms with Crippen LogP contribution in [0.3, 0.4) is 0 Å². The molecular formula is C16H25F6N3O5. The summed E-state index contributed by atoms with van der Waals surface area (Å²) in [6, 6.07) is -1.30. The van der Waals surface area contributed by atoms with Gasteiger partial charge in [0.05, 0.1) is 0 Å². The maximum absolute atomic E-state index is 12.0. The molecule has 4 N–H and O–H groups in total. The van der Waals surface area contributed by atoms with Crippen LogP contribution in [0, 0.1) is 0 Å². The van der Waals surface area contributed by atoms with Crippen LogP contribution in [0.25, 0.3) is 0 Å². The first kappa shape index (κ1) is 29.7. The predicted octanol–water partition coefficient (Wildman–Crippen LogP) is 1.89. The molecule has 30 heavy (non-hydrogen) atoms. The zero-order valence-corrected chi connectivity index (χ0v) is 15.1. The van der Waals surface area contributed by atoms with Crippen LogP contribution in [0.2, 0.25) is 0 Å². The van der Waals surface area contributed by atoms with Crippen LogP contribution in [0.4, 0.5) is 26.3 Å². The number of unbranched alkanes of at least 4 members (excludes halogenated alkanes) is 2. The molecule has 0 aliphatic carbocycles. The van der Waals surface area contributed by atoms with Gasteiger partial charge in [-0.3, -0.25) is 14.4 Å². The molecular weight excluding hydrogens is 428 g/mol. The van der Waals surface area contributed by atoms with Crippen molar-refractivity contribution in [1.82, 2.24) is 16.0 Å². The summed E-state index contributed by atoms with van der Waals surface area (Å²) in [6.07, 6.45) is -9.96. The Labute approximate surface area is 168 Å². The molecule has 0 bridgehead atoms. The molecule has 0 fully saturated rings. The Morgan fingerprint density at radius 2 is 1.20 bits per heavy atom. The van der Waals surface area contributed by atoms with Gasteiger partial charge in [0.15, 0.2) is 0 Å². The average molecular weight is 453 g/mol. The third kappa shape index (κ3) is 13.6. The third-order valence-corrected chi connectivity index (χ3v) is 3.47. The molecule has 0 rings (SSSR count). The predicted molar refractivity (Wildman–Crippen MR) is 92.1 cm³/mol. The molecule has 8 nitrogen and oxygen atoms in total. The van der Waals surface area contributed by atoms with Crippen LogP contribution in [0.15, 0.2) is 0 Å². The van der Waals surface area contributed by atoms with E-state index in [1.165, 1.54) is 0 Å². The number of alkyl halides is 6. The number of rotatable bonds is 12. The first-order chi connectivity index (χ1) is 13.2. The van der Waals surface area contributed by atoms with Crippen molar-refractivity contribution in [1.29, 1.82) is 0 Å². The molecule has 0 spiro atoms. The SMILES string of the molecule is C.O=C(CCCCNC(=O)C(F)(F)F)NC(CCCCNC(=O)C(F)(F)F)C(=O)O. The molecule has 0 aliphatic rings. The highest BCUT2D eigenvalue weighted by atomic mass is 19.4. The summed E-state index contributed by atoms with van der Waals surface area (Å²) in [5.41, 5.74) is 0. The van der Waals surface area contributed by atoms with E-state index in [1.54, 1.807) is 10.6 Å². The molecule has 0 aliphatic heterocycles. The number of carboxylic acids is 1. The van der Waals surface area contributed by atoms with E-state index in [2.05, 4.69) is 5.32 Å². The van der Waals surface area contributed by atoms with E-state index >= 15 is 0 Å². The largest absolute Gasteiger partial charge is 0.480 e. The van der Waals surface area contributed by atoms with Crippen LogP contribution in [-0.4, -0.2) is 60.3 Å². The summed E-state index contributed by atoms with van der Waals surface area (Å²) in [6.45, 7) is -0.625. The van der Waals surface area contributed by atoms with Gasteiger partial charge in [0.25, 0.3) is 0 Å². The van der Waals surface area contributed by atoms with Gasteiger partial charge in [-0.05, 0) is 32.1 Å². The molecule has 14 heteroatoms. The van der Waals surface area contributed by atoms with Gasteiger partial charge in [-0.1, -0.05) is 7.43 Å². The van der Waals surface area contributed by atoms with E-state index in [0.717, 1.165) is 0 Å². The second-order valence-electron chi connectivity index (χ2n) is 5.92. The summed E-state index contributed by atoms with van der Waals surface area (Å²) < 4.78 is 71.7. The van der Waals surface area contributed by atoms with E-state index in [0.29, 0.717) is 0 Å². The van der Waals surface area contributed by atoms with Crippen LogP contribution in [-0.2, 0) is 19.2 Å². The Hall–Kier alpha value is -2.54. The van der Waals surface area contributed by atoms with Gasteiger partial charge < -0.3 is 21.1 Å². The lowest BCUT2D eigenvalue weighted by molar-refractivity contribution is -0.173. The highest BCUT2D eigenvalue weighted by Gasteiger charge is 2.38. The van der Waals surface area contributed by atoms with Crippen molar-refractivity contribution >= 4 is 23.7 Å². The smallest absolute Gasteiger partial charge is 0.471 e. The molecule has 3 amide bonds. The fraction of sp³-hybridized carbons (Fsp3) is 0.750. The second-order valence-corrected chi connectivity index (χ2v) is 5.92. The first-order valence-electron chi connectivity index (χ1n) is 8.47. The molecule has 0 heterocycles. The fourth-order valence-corrected chi connectivity index (χ4v) is 2.01. The van der Waals surface area contributed by atoms with Gasteiger partial charge in [-0.25, -0.2) is 4.79 Å². The maximum Gasteiger partial charge on any atom is 0.471 e. The van der Waals surface area contributed by atoms with Crippen molar-refractivity contribution in [2.75, 3.05) is 13.1 Å². The van der Waals surface area contributed by atoms with Gasteiger partial charge in [-0.2, -0.15) is 26.3 Å². The molecule has 0 radical (unpaired) electrons. The highest BCUT2D eigenvalue weighted by Crippen LogP contribution is 2.14. The van der Waals surface area contributed by atoms with Crippen molar-refractivity contribution < 1.29 is 50.6 Å². The van der Waals surface area contributed by atoms with Crippen LogP contribution < -0.4 is 16.0 Å². The Bertz CT molecular complexity index is 581. The lowest BCUT2D eigenvalue weighted by atomic mass is 10.1. The van der Waals surface area contributed by atoms with E-state index in [1.807, 2.05) is 0 Å². The average Bonchev–Trinajstić information content (AvgIpc) is 2.57. The quantitative estimate of drug-likeness (QED) is 0.265. The van der Waals surface area contributed by atoms with Gasteiger partial charge in [0, 0.05) is 19.5 Å². The standard InChI is InChI=1S/C15H21F6N3O5.CH4/c16-14(17,18)12(28)22-7-3-1-5-9(11(26)27)24-10(25)6-2-4-8-23-13(29)15(19,20)21;/h9H,1-8H2,(H,22,28)(H,23,29)(H,24,25)(H,26,27);1H4. The number of nitrogens with one attached hydrogen (secondary N) is 3. The number of hydrogen-bond acceptors (Lipinski definition) is 4. The number of carbonyl (C=O) groups is 4. The number of aliphatic carboxylic acids is 1. The minimum Gasteiger partial charge on any atom is -0.480 e. The number of halogens is 6. The number of carbonyl (C=O) groups excluding carboxylic acids is 3. The van der Waals surface area contributed by atoms with E-state index in [9.17, 15) is 45.5 Å². The Morgan fingerprint density at radius 1 is 0.767 bits per heavy atom. The van der Waals surface area contributed by atoms with Crippen molar-refractivity contribution in [2.24, 2.45) is 0 Å². The topological polar surface area (TPSA) is 125 Å². The number of hydrogen-bond donors (Lipinski definition) is 4. The van der Waals surface area contributed by atoms with Gasteiger partial charge in [0.1, 0.15) is 6.04 Å². The fourth-order valence-electron chi connectivity index (χ4n) is 2.01. The molecule has 0 saturated carbocycles. The molecule has 0 saturated heterocycles. The lowest BCUT2D eigenvalue weighted by Gasteiger charge is -2.15. The van der Waals surface area contributed by atoms with Crippen LogP contribution in [0.5, 0.6) is 0 Å². The van der Waals surface area contributed by atoms with E-state index < -0.39 is 42.1 Å². The Balaban J connectivity index is 0. The maximum atomic E-state index is 12.0. The lowest BCUT2D eigenvalue weighted by Crippen LogP contribution is -2.41. The minimum absolute atomic E-state index is 0. The Morgan fingerprint density at radius 3 is 1.60 bits per heavy atom. The zero-order valence-electron chi connectivity index (χ0n) is 15.1. The second kappa shape index (κ2) is 13.6. The highest BCUT2D eigenvalue weighted by molar-refractivity contribution is 5.83. The summed E-state index contributed by atoms with van der Waals surface area (Å²) in [4.78, 5) is 43.9. The first-order valence-corrected chi connectivity index (χ1v) is 8.47. The molecule has 0 aromatic carbocycles. The van der Waals surface area contributed by atoms with Crippen molar-refractivity contribution in [2.45, 2.75) is 64.3 Å². The molecule has 0 aromatic rings. The van der Waals surface area contributed by atoms with Crippen molar-refractivity contribution in [3.05, 3.63) is 0 Å². The summed E-state index contributed by atoms with van der Waals surface area (Å²) in [5, 5.41) is 14.5. The van der Waals surface area contributed by atoms with Gasteiger partial charge in [0.2, 0.25) is 5.91 Å². The normalized spacial score (nSPS) is 12.3.